The van der Waals surface area contributed by atoms with Gasteiger partial charge in [-0.2, -0.15) is 0 Å². The summed E-state index contributed by atoms with van der Waals surface area (Å²) in [5, 5.41) is 15.1. The fourth-order valence-corrected chi connectivity index (χ4v) is 2.19. The Morgan fingerprint density at radius 3 is 2.83 bits per heavy atom. The zero-order valence-electron chi connectivity index (χ0n) is 13.9. The molecule has 7 heteroatoms. The molecule has 2 atom stereocenters. The minimum Gasteiger partial charge on any atom is -0.391 e. The summed E-state index contributed by atoms with van der Waals surface area (Å²) in [6.45, 7) is 4.30. The average molecular weight is 334 g/mol. The molecule has 1 aromatic carbocycles. The quantitative estimate of drug-likeness (QED) is 0.726. The van der Waals surface area contributed by atoms with Crippen LogP contribution in [0, 0.1) is 11.7 Å². The summed E-state index contributed by atoms with van der Waals surface area (Å²) in [5.74, 6) is -0.269. The number of nitrogens with one attached hydrogen (secondary N) is 2. The Labute approximate surface area is 140 Å². The summed E-state index contributed by atoms with van der Waals surface area (Å²) >= 11 is 0. The van der Waals surface area contributed by atoms with Gasteiger partial charge in [-0.25, -0.2) is 14.2 Å². The van der Waals surface area contributed by atoms with Crippen LogP contribution in [0.15, 0.2) is 36.9 Å². The first-order valence-corrected chi connectivity index (χ1v) is 7.97. The predicted octanol–water partition coefficient (Wildman–Crippen LogP) is 2.22. The van der Waals surface area contributed by atoms with Gasteiger partial charge in [0.25, 0.3) is 0 Å². The molecule has 2 amide bonds. The van der Waals surface area contributed by atoms with Crippen molar-refractivity contribution in [2.45, 2.75) is 32.9 Å². The van der Waals surface area contributed by atoms with E-state index in [9.17, 15) is 14.3 Å². The van der Waals surface area contributed by atoms with Crippen molar-refractivity contribution in [2.24, 2.45) is 5.92 Å². The Morgan fingerprint density at radius 1 is 1.42 bits per heavy atom. The number of urea groups is 1. The first-order chi connectivity index (χ1) is 11.5. The molecule has 1 heterocycles. The number of amides is 2. The number of aromatic nitrogens is 2. The Kier molecular flexibility index (Phi) is 6.31. The lowest BCUT2D eigenvalue weighted by atomic mass is 10.0. The molecule has 0 aliphatic heterocycles. The minimum absolute atomic E-state index is 0.120. The second kappa shape index (κ2) is 8.44. The maximum Gasteiger partial charge on any atom is 0.315 e. The SMILES string of the molecule is CCC(C)C(O)CNC(=O)NCc1ccc(-n2ccnc2)c(F)c1. The number of hydrogen-bond acceptors (Lipinski definition) is 3. The molecule has 0 radical (unpaired) electrons. The van der Waals surface area contributed by atoms with E-state index in [0.29, 0.717) is 11.3 Å². The molecule has 24 heavy (non-hydrogen) atoms. The third-order valence-electron chi connectivity index (χ3n) is 4.02. The van der Waals surface area contributed by atoms with Crippen molar-refractivity contribution >= 4 is 6.03 Å². The summed E-state index contributed by atoms with van der Waals surface area (Å²) in [6, 6.07) is 4.37. The molecule has 0 spiro atoms. The van der Waals surface area contributed by atoms with Gasteiger partial charge in [-0.15, -0.1) is 0 Å². The van der Waals surface area contributed by atoms with Crippen LogP contribution in [0.25, 0.3) is 5.69 Å². The van der Waals surface area contributed by atoms with Crippen molar-refractivity contribution in [1.29, 1.82) is 0 Å². The fourth-order valence-electron chi connectivity index (χ4n) is 2.19. The summed E-state index contributed by atoms with van der Waals surface area (Å²) in [5.41, 5.74) is 1.05. The fraction of sp³-hybridized carbons (Fsp3) is 0.412. The number of nitrogens with zero attached hydrogens (tertiary/aromatic N) is 2. The van der Waals surface area contributed by atoms with Crippen LogP contribution in [0.3, 0.4) is 0 Å². The van der Waals surface area contributed by atoms with Crippen molar-refractivity contribution in [3.05, 3.63) is 48.3 Å². The average Bonchev–Trinajstić information content (AvgIpc) is 3.11. The van der Waals surface area contributed by atoms with Crippen LogP contribution in [-0.2, 0) is 6.54 Å². The molecular weight excluding hydrogens is 311 g/mol. The van der Waals surface area contributed by atoms with E-state index in [1.807, 2.05) is 13.8 Å². The number of halogens is 1. The number of aliphatic hydroxyl groups excluding tert-OH is 1. The van der Waals surface area contributed by atoms with Gasteiger partial charge in [0.05, 0.1) is 18.1 Å². The molecule has 0 saturated heterocycles. The number of hydrogen-bond donors (Lipinski definition) is 3. The van der Waals surface area contributed by atoms with Crippen LogP contribution in [0.1, 0.15) is 25.8 Å². The van der Waals surface area contributed by atoms with Gasteiger partial charge >= 0.3 is 6.03 Å². The molecule has 0 saturated carbocycles. The molecule has 0 bridgehead atoms. The number of imidazole rings is 1. The largest absolute Gasteiger partial charge is 0.391 e. The second-order valence-corrected chi connectivity index (χ2v) is 5.77. The van der Waals surface area contributed by atoms with E-state index in [1.165, 1.54) is 12.4 Å². The lowest BCUT2D eigenvalue weighted by Gasteiger charge is -2.17. The summed E-state index contributed by atoms with van der Waals surface area (Å²) in [7, 11) is 0. The van der Waals surface area contributed by atoms with Gasteiger partial charge in [0, 0.05) is 25.5 Å². The van der Waals surface area contributed by atoms with E-state index in [0.717, 1.165) is 6.42 Å². The first kappa shape index (κ1) is 17.9. The van der Waals surface area contributed by atoms with Crippen LogP contribution < -0.4 is 10.6 Å². The first-order valence-electron chi connectivity index (χ1n) is 7.97. The number of rotatable bonds is 7. The minimum atomic E-state index is -0.576. The van der Waals surface area contributed by atoms with Gasteiger partial charge in [-0.1, -0.05) is 26.3 Å². The van der Waals surface area contributed by atoms with Crippen molar-refractivity contribution < 1.29 is 14.3 Å². The standard InChI is InChI=1S/C17H23FN4O2/c1-3-12(2)16(23)10-21-17(24)20-9-13-4-5-15(14(18)8-13)22-7-6-19-11-22/h4-8,11-12,16,23H,3,9-10H2,1-2H3,(H2,20,21,24). The van der Waals surface area contributed by atoms with Gasteiger partial charge in [0.15, 0.2) is 0 Å². The van der Waals surface area contributed by atoms with E-state index in [2.05, 4.69) is 15.6 Å². The van der Waals surface area contributed by atoms with E-state index >= 15 is 0 Å². The highest BCUT2D eigenvalue weighted by Gasteiger charge is 2.13. The van der Waals surface area contributed by atoms with Gasteiger partial charge in [0.2, 0.25) is 0 Å². The molecule has 130 valence electrons. The lowest BCUT2D eigenvalue weighted by Crippen LogP contribution is -2.41. The maximum absolute atomic E-state index is 14.1. The number of carbonyl (C=O) groups is 1. The topological polar surface area (TPSA) is 79.2 Å². The number of aliphatic hydroxyl groups is 1. The van der Waals surface area contributed by atoms with Crippen LogP contribution in [-0.4, -0.2) is 33.3 Å². The molecule has 6 nitrogen and oxygen atoms in total. The van der Waals surface area contributed by atoms with E-state index < -0.39 is 12.1 Å². The van der Waals surface area contributed by atoms with Crippen LogP contribution in [0.5, 0.6) is 0 Å². The predicted molar refractivity (Wildman–Crippen MR) is 89.2 cm³/mol. The van der Waals surface area contributed by atoms with Crippen LogP contribution in [0.2, 0.25) is 0 Å². The van der Waals surface area contributed by atoms with Gasteiger partial charge < -0.3 is 20.3 Å². The molecule has 0 aliphatic carbocycles. The number of benzene rings is 1. The zero-order chi connectivity index (χ0) is 17.5. The molecule has 2 unspecified atom stereocenters. The van der Waals surface area contributed by atoms with Gasteiger partial charge in [-0.05, 0) is 23.6 Å². The molecule has 3 N–H and O–H groups in total. The highest BCUT2D eigenvalue weighted by Crippen LogP contribution is 2.14. The Hall–Kier alpha value is -2.41. The molecular formula is C17H23FN4O2. The highest BCUT2D eigenvalue weighted by atomic mass is 19.1. The maximum atomic E-state index is 14.1. The lowest BCUT2D eigenvalue weighted by molar-refractivity contribution is 0.114. The van der Waals surface area contributed by atoms with Crippen molar-refractivity contribution in [3.63, 3.8) is 0 Å². The normalized spacial score (nSPS) is 13.3. The monoisotopic (exact) mass is 334 g/mol. The smallest absolute Gasteiger partial charge is 0.315 e. The Balaban J connectivity index is 1.84. The van der Waals surface area contributed by atoms with Gasteiger partial charge in [0.1, 0.15) is 5.82 Å². The van der Waals surface area contributed by atoms with Crippen molar-refractivity contribution in [2.75, 3.05) is 6.54 Å². The van der Waals surface area contributed by atoms with Crippen LogP contribution >= 0.6 is 0 Å². The van der Waals surface area contributed by atoms with E-state index in [1.54, 1.807) is 29.1 Å². The molecule has 0 aliphatic rings. The molecule has 0 fully saturated rings. The summed E-state index contributed by atoms with van der Waals surface area (Å²) in [4.78, 5) is 15.6. The number of carbonyl (C=O) groups excluding carboxylic acids is 1. The zero-order valence-corrected chi connectivity index (χ0v) is 13.9. The Bertz CT molecular complexity index is 661. The van der Waals surface area contributed by atoms with Crippen LogP contribution in [0.4, 0.5) is 9.18 Å². The Morgan fingerprint density at radius 2 is 2.21 bits per heavy atom. The molecule has 1 aromatic heterocycles. The third-order valence-corrected chi connectivity index (χ3v) is 4.02. The second-order valence-electron chi connectivity index (χ2n) is 5.77. The molecule has 2 aromatic rings. The van der Waals surface area contributed by atoms with Crippen molar-refractivity contribution in [3.8, 4) is 5.69 Å². The summed E-state index contributed by atoms with van der Waals surface area (Å²) < 4.78 is 15.7. The van der Waals surface area contributed by atoms with E-state index in [4.69, 9.17) is 0 Å². The van der Waals surface area contributed by atoms with Crippen molar-refractivity contribution in [1.82, 2.24) is 20.2 Å². The van der Waals surface area contributed by atoms with E-state index in [-0.39, 0.29) is 24.8 Å². The van der Waals surface area contributed by atoms with Gasteiger partial charge in [-0.3, -0.25) is 0 Å². The molecule has 2 rings (SSSR count). The summed E-state index contributed by atoms with van der Waals surface area (Å²) in [6.07, 6.45) is 5.02. The third kappa shape index (κ3) is 4.79. The highest BCUT2D eigenvalue weighted by molar-refractivity contribution is 5.73.